The molecule has 1 heterocycles. The summed E-state index contributed by atoms with van der Waals surface area (Å²) in [4.78, 5) is 4.07. The van der Waals surface area contributed by atoms with Crippen LogP contribution in [0.2, 0.25) is 0 Å². The maximum absolute atomic E-state index is 12.4. The highest BCUT2D eigenvalue weighted by Gasteiger charge is 2.27. The fourth-order valence-electron chi connectivity index (χ4n) is 2.79. The standard InChI is InChI=1S/C14H23N3O3S/c1-20-14-8-7-12(10-16-14)21(18,19)17-13(9-15)11-5-3-2-4-6-11/h7-8,10-11,13,17H,2-6,9,15H2,1H3. The lowest BCUT2D eigenvalue weighted by molar-refractivity contribution is 0.294. The molecule has 1 aromatic heterocycles. The molecule has 1 fully saturated rings. The number of nitrogens with two attached hydrogens (primary N) is 1. The number of rotatable bonds is 6. The number of nitrogens with one attached hydrogen (secondary N) is 1. The number of nitrogens with zero attached hydrogens (tertiary/aromatic N) is 1. The first kappa shape index (κ1) is 16.2. The minimum atomic E-state index is -3.59. The van der Waals surface area contributed by atoms with Crippen LogP contribution in [-0.2, 0) is 10.0 Å². The molecule has 1 aliphatic carbocycles. The highest BCUT2D eigenvalue weighted by molar-refractivity contribution is 7.89. The minimum absolute atomic E-state index is 0.137. The fourth-order valence-corrected chi connectivity index (χ4v) is 4.05. The van der Waals surface area contributed by atoms with E-state index in [9.17, 15) is 8.42 Å². The van der Waals surface area contributed by atoms with Gasteiger partial charge in [-0.05, 0) is 24.8 Å². The van der Waals surface area contributed by atoms with Crippen LogP contribution in [0.15, 0.2) is 23.2 Å². The van der Waals surface area contributed by atoms with Crippen LogP contribution in [-0.4, -0.2) is 33.1 Å². The molecule has 0 radical (unpaired) electrons. The number of sulfonamides is 1. The predicted molar refractivity (Wildman–Crippen MR) is 80.5 cm³/mol. The number of methoxy groups -OCH3 is 1. The van der Waals surface area contributed by atoms with E-state index in [2.05, 4.69) is 9.71 Å². The molecule has 1 aromatic rings. The Hall–Kier alpha value is -1.18. The van der Waals surface area contributed by atoms with Crippen molar-refractivity contribution in [3.05, 3.63) is 18.3 Å². The first-order chi connectivity index (χ1) is 10.1. The molecule has 0 spiro atoms. The van der Waals surface area contributed by atoms with Crippen molar-refractivity contribution in [3.8, 4) is 5.88 Å². The van der Waals surface area contributed by atoms with E-state index in [1.165, 1.54) is 31.9 Å². The van der Waals surface area contributed by atoms with E-state index in [1.807, 2.05) is 0 Å². The Balaban J connectivity index is 2.10. The van der Waals surface area contributed by atoms with E-state index in [1.54, 1.807) is 0 Å². The van der Waals surface area contributed by atoms with Gasteiger partial charge >= 0.3 is 0 Å². The number of hydrogen-bond acceptors (Lipinski definition) is 5. The van der Waals surface area contributed by atoms with Gasteiger partial charge in [0.2, 0.25) is 15.9 Å². The Morgan fingerprint density at radius 1 is 1.38 bits per heavy atom. The van der Waals surface area contributed by atoms with Crippen molar-refractivity contribution in [1.82, 2.24) is 9.71 Å². The normalized spacial score (nSPS) is 18.4. The molecule has 3 N–H and O–H groups in total. The Labute approximate surface area is 126 Å². The van der Waals surface area contributed by atoms with Crippen molar-refractivity contribution in [2.24, 2.45) is 11.7 Å². The molecule has 0 aromatic carbocycles. The van der Waals surface area contributed by atoms with Crippen LogP contribution in [0, 0.1) is 5.92 Å². The quantitative estimate of drug-likeness (QED) is 0.825. The summed E-state index contributed by atoms with van der Waals surface area (Å²) in [5, 5.41) is 0. The SMILES string of the molecule is COc1ccc(S(=O)(=O)NC(CN)C2CCCCC2)cn1. The molecule has 118 valence electrons. The van der Waals surface area contributed by atoms with Gasteiger partial charge in [-0.15, -0.1) is 0 Å². The Kier molecular flexibility index (Phi) is 5.55. The van der Waals surface area contributed by atoms with Crippen LogP contribution < -0.4 is 15.2 Å². The van der Waals surface area contributed by atoms with Gasteiger partial charge in [-0.1, -0.05) is 19.3 Å². The highest BCUT2D eigenvalue weighted by Crippen LogP contribution is 2.27. The molecule has 0 amide bonds. The minimum Gasteiger partial charge on any atom is -0.481 e. The Morgan fingerprint density at radius 2 is 2.10 bits per heavy atom. The van der Waals surface area contributed by atoms with Crippen LogP contribution >= 0.6 is 0 Å². The smallest absolute Gasteiger partial charge is 0.242 e. The third-order valence-electron chi connectivity index (χ3n) is 4.01. The average molecular weight is 313 g/mol. The van der Waals surface area contributed by atoms with Crippen LogP contribution in [0.4, 0.5) is 0 Å². The summed E-state index contributed by atoms with van der Waals surface area (Å²) in [6, 6.07) is 2.81. The number of ether oxygens (including phenoxy) is 1. The lowest BCUT2D eigenvalue weighted by Crippen LogP contribution is -2.45. The molecular weight excluding hydrogens is 290 g/mol. The second-order valence-electron chi connectivity index (χ2n) is 5.40. The third kappa shape index (κ3) is 4.15. The first-order valence-corrected chi connectivity index (χ1v) is 8.77. The van der Waals surface area contributed by atoms with Crippen molar-refractivity contribution >= 4 is 10.0 Å². The van der Waals surface area contributed by atoms with Crippen LogP contribution in [0.5, 0.6) is 5.88 Å². The van der Waals surface area contributed by atoms with Gasteiger partial charge in [0.05, 0.1) is 13.3 Å². The zero-order chi connectivity index (χ0) is 15.3. The topological polar surface area (TPSA) is 94.3 Å². The maximum Gasteiger partial charge on any atom is 0.242 e. The zero-order valence-corrected chi connectivity index (χ0v) is 13.1. The van der Waals surface area contributed by atoms with E-state index < -0.39 is 10.0 Å². The summed E-state index contributed by atoms with van der Waals surface area (Å²) in [5.41, 5.74) is 5.77. The molecular formula is C14H23N3O3S. The monoisotopic (exact) mass is 313 g/mol. The van der Waals surface area contributed by atoms with Gasteiger partial charge in [-0.2, -0.15) is 0 Å². The first-order valence-electron chi connectivity index (χ1n) is 7.29. The van der Waals surface area contributed by atoms with E-state index in [-0.39, 0.29) is 10.9 Å². The third-order valence-corrected chi connectivity index (χ3v) is 5.48. The number of hydrogen-bond donors (Lipinski definition) is 2. The van der Waals surface area contributed by atoms with Gasteiger partial charge < -0.3 is 10.5 Å². The molecule has 2 rings (SSSR count). The lowest BCUT2D eigenvalue weighted by atomic mass is 9.84. The zero-order valence-electron chi connectivity index (χ0n) is 12.3. The van der Waals surface area contributed by atoms with E-state index in [4.69, 9.17) is 10.5 Å². The van der Waals surface area contributed by atoms with Gasteiger partial charge in [-0.25, -0.2) is 18.1 Å². The molecule has 21 heavy (non-hydrogen) atoms. The largest absolute Gasteiger partial charge is 0.481 e. The average Bonchev–Trinajstić information content (AvgIpc) is 2.53. The molecule has 0 saturated heterocycles. The number of aromatic nitrogens is 1. The van der Waals surface area contributed by atoms with Crippen molar-refractivity contribution in [1.29, 1.82) is 0 Å². The van der Waals surface area contributed by atoms with Crippen LogP contribution in [0.25, 0.3) is 0 Å². The fraction of sp³-hybridized carbons (Fsp3) is 0.643. The van der Waals surface area contributed by atoms with Gasteiger partial charge in [-0.3, -0.25) is 0 Å². The summed E-state index contributed by atoms with van der Waals surface area (Å²) in [6.45, 7) is 0.313. The summed E-state index contributed by atoms with van der Waals surface area (Å²) in [7, 11) is -2.11. The summed E-state index contributed by atoms with van der Waals surface area (Å²) >= 11 is 0. The highest BCUT2D eigenvalue weighted by atomic mass is 32.2. The van der Waals surface area contributed by atoms with Crippen LogP contribution in [0.1, 0.15) is 32.1 Å². The Morgan fingerprint density at radius 3 is 2.62 bits per heavy atom. The molecule has 1 aliphatic rings. The second kappa shape index (κ2) is 7.20. The van der Waals surface area contributed by atoms with Crippen LogP contribution in [0.3, 0.4) is 0 Å². The van der Waals surface area contributed by atoms with Crippen molar-refractivity contribution in [3.63, 3.8) is 0 Å². The molecule has 1 unspecified atom stereocenters. The molecule has 7 heteroatoms. The van der Waals surface area contributed by atoms with Gasteiger partial charge in [0.25, 0.3) is 0 Å². The molecule has 0 aliphatic heterocycles. The van der Waals surface area contributed by atoms with E-state index in [0.717, 1.165) is 25.7 Å². The predicted octanol–water partition coefficient (Wildman–Crippen LogP) is 1.28. The van der Waals surface area contributed by atoms with E-state index in [0.29, 0.717) is 18.3 Å². The van der Waals surface area contributed by atoms with Gasteiger partial charge in [0.1, 0.15) is 4.90 Å². The van der Waals surface area contributed by atoms with Gasteiger partial charge in [0, 0.05) is 18.7 Å². The molecule has 0 bridgehead atoms. The van der Waals surface area contributed by atoms with E-state index >= 15 is 0 Å². The Bertz CT molecular complexity index is 539. The summed E-state index contributed by atoms with van der Waals surface area (Å²) in [5.74, 6) is 0.710. The van der Waals surface area contributed by atoms with Crippen molar-refractivity contribution in [2.75, 3.05) is 13.7 Å². The summed E-state index contributed by atoms with van der Waals surface area (Å²) in [6.07, 6.45) is 6.88. The number of pyridine rings is 1. The van der Waals surface area contributed by atoms with Crippen molar-refractivity contribution < 1.29 is 13.2 Å². The van der Waals surface area contributed by atoms with Crippen molar-refractivity contribution in [2.45, 2.75) is 43.0 Å². The molecule has 1 saturated carbocycles. The molecule has 6 nitrogen and oxygen atoms in total. The molecule has 1 atom stereocenters. The second-order valence-corrected chi connectivity index (χ2v) is 7.11. The van der Waals surface area contributed by atoms with Gasteiger partial charge in [0.15, 0.2) is 0 Å². The maximum atomic E-state index is 12.4. The lowest BCUT2D eigenvalue weighted by Gasteiger charge is -2.29. The summed E-state index contributed by atoms with van der Waals surface area (Å²) < 4.78 is 32.5.